The zero-order chi connectivity index (χ0) is 20.5. The van der Waals surface area contributed by atoms with E-state index >= 15 is 0 Å². The van der Waals surface area contributed by atoms with Gasteiger partial charge in [0.05, 0.1) is 23.3 Å². The molecule has 0 radical (unpaired) electrons. The molecule has 5 fully saturated rings. The fourth-order valence-electron chi connectivity index (χ4n) is 7.56. The van der Waals surface area contributed by atoms with Crippen molar-refractivity contribution < 1.29 is 9.90 Å². The lowest BCUT2D eigenvalue weighted by molar-refractivity contribution is -0.168. The van der Waals surface area contributed by atoms with Gasteiger partial charge in [-0.1, -0.05) is 25.4 Å². The average molecular weight is 420 g/mol. The van der Waals surface area contributed by atoms with Crippen molar-refractivity contribution in [2.75, 3.05) is 18.0 Å². The number of aromatic nitrogens is 2. The van der Waals surface area contributed by atoms with Crippen molar-refractivity contribution in [3.05, 3.63) is 21.6 Å². The number of hydrogen-bond donors (Lipinski definition) is 1. The predicted octanol–water partition coefficient (Wildman–Crippen LogP) is 3.62. The van der Waals surface area contributed by atoms with Gasteiger partial charge in [-0.2, -0.15) is 5.10 Å². The Kier molecular flexibility index (Phi) is 4.50. The third kappa shape index (κ3) is 2.93. The SMILES string of the molecule is CC1CC(C)CN(c2cnn(C34CC5CC(CC(C5)C3C(=O)O)C4)c(=O)c2Cl)C1. The Morgan fingerprint density at radius 2 is 1.76 bits per heavy atom. The normalized spacial score (nSPS) is 41.0. The fraction of sp³-hybridized carbons (Fsp3) is 0.773. The second-order valence-electron chi connectivity index (χ2n) is 10.4. The number of rotatable bonds is 3. The fourth-order valence-corrected chi connectivity index (χ4v) is 7.80. The Morgan fingerprint density at radius 3 is 2.34 bits per heavy atom. The van der Waals surface area contributed by atoms with E-state index in [2.05, 4.69) is 23.8 Å². The van der Waals surface area contributed by atoms with Gasteiger partial charge in [0, 0.05) is 13.1 Å². The van der Waals surface area contributed by atoms with E-state index in [1.807, 2.05) is 0 Å². The molecule has 1 N–H and O–H groups in total. The maximum absolute atomic E-state index is 13.4. The lowest BCUT2D eigenvalue weighted by Gasteiger charge is -2.59. The largest absolute Gasteiger partial charge is 0.481 e. The molecule has 1 aliphatic heterocycles. The summed E-state index contributed by atoms with van der Waals surface area (Å²) in [4.78, 5) is 27.9. The van der Waals surface area contributed by atoms with Gasteiger partial charge in [-0.05, 0) is 68.1 Å². The molecule has 29 heavy (non-hydrogen) atoms. The summed E-state index contributed by atoms with van der Waals surface area (Å²) in [6.07, 6.45) is 7.46. The first-order valence-corrected chi connectivity index (χ1v) is 11.4. The summed E-state index contributed by atoms with van der Waals surface area (Å²) in [6.45, 7) is 6.17. The van der Waals surface area contributed by atoms with E-state index in [-0.39, 0.29) is 16.5 Å². The minimum atomic E-state index is -0.790. The molecule has 6 nitrogen and oxygen atoms in total. The average Bonchev–Trinajstić information content (AvgIpc) is 2.61. The molecule has 2 heterocycles. The number of anilines is 1. The topological polar surface area (TPSA) is 75.4 Å². The molecular weight excluding hydrogens is 390 g/mol. The molecule has 4 aliphatic carbocycles. The zero-order valence-electron chi connectivity index (χ0n) is 17.2. The van der Waals surface area contributed by atoms with Crippen LogP contribution in [-0.4, -0.2) is 33.9 Å². The Morgan fingerprint density at radius 1 is 1.14 bits per heavy atom. The van der Waals surface area contributed by atoms with Crippen molar-refractivity contribution in [1.29, 1.82) is 0 Å². The molecule has 0 amide bonds. The molecule has 4 saturated carbocycles. The standard InChI is InChI=1S/C22H30ClN3O3/c1-12-3-13(2)11-25(10-12)17-9-24-26(20(27)19(17)23)22-7-14-4-15(8-22)6-16(5-14)18(22)21(28)29/h9,12-16,18H,3-8,10-11H2,1-2H3,(H,28,29). The maximum atomic E-state index is 13.4. The maximum Gasteiger partial charge on any atom is 0.309 e. The molecule has 5 aliphatic rings. The van der Waals surface area contributed by atoms with Gasteiger partial charge in [0.1, 0.15) is 5.02 Å². The van der Waals surface area contributed by atoms with Crippen molar-refractivity contribution in [1.82, 2.24) is 9.78 Å². The van der Waals surface area contributed by atoms with E-state index in [4.69, 9.17) is 11.6 Å². The second kappa shape index (κ2) is 6.73. The molecular formula is C22H30ClN3O3. The number of halogens is 1. The zero-order valence-corrected chi connectivity index (χ0v) is 17.9. The van der Waals surface area contributed by atoms with Gasteiger partial charge in [-0.15, -0.1) is 0 Å². The molecule has 7 heteroatoms. The Balaban J connectivity index is 1.57. The summed E-state index contributed by atoms with van der Waals surface area (Å²) >= 11 is 6.63. The summed E-state index contributed by atoms with van der Waals surface area (Å²) in [5.41, 5.74) is -0.339. The van der Waals surface area contributed by atoms with Crippen molar-refractivity contribution in [2.45, 2.75) is 57.9 Å². The molecule has 5 unspecified atom stereocenters. The minimum Gasteiger partial charge on any atom is -0.481 e. The molecule has 5 atom stereocenters. The number of piperidine rings is 1. The molecule has 0 aromatic carbocycles. The first-order chi connectivity index (χ1) is 13.8. The highest BCUT2D eigenvalue weighted by molar-refractivity contribution is 6.33. The number of nitrogens with zero attached hydrogens (tertiary/aromatic N) is 3. The van der Waals surface area contributed by atoms with Crippen LogP contribution in [0.3, 0.4) is 0 Å². The van der Waals surface area contributed by atoms with Crippen LogP contribution in [0.15, 0.2) is 11.0 Å². The van der Waals surface area contributed by atoms with Crippen LogP contribution in [0.2, 0.25) is 5.02 Å². The van der Waals surface area contributed by atoms with Gasteiger partial charge in [0.15, 0.2) is 0 Å². The van der Waals surface area contributed by atoms with Crippen molar-refractivity contribution in [2.24, 2.45) is 35.5 Å². The quantitative estimate of drug-likeness (QED) is 0.809. The highest BCUT2D eigenvalue weighted by Crippen LogP contribution is 2.61. The first-order valence-electron chi connectivity index (χ1n) is 11.0. The molecule has 1 saturated heterocycles. The molecule has 0 spiro atoms. The van der Waals surface area contributed by atoms with E-state index < -0.39 is 17.4 Å². The summed E-state index contributed by atoms with van der Waals surface area (Å²) in [7, 11) is 0. The summed E-state index contributed by atoms with van der Waals surface area (Å²) in [6, 6.07) is 0. The van der Waals surface area contributed by atoms with Crippen LogP contribution >= 0.6 is 11.6 Å². The smallest absolute Gasteiger partial charge is 0.309 e. The third-order valence-corrected chi connectivity index (χ3v) is 8.43. The Labute approximate surface area is 176 Å². The van der Waals surface area contributed by atoms with Crippen molar-refractivity contribution in [3.63, 3.8) is 0 Å². The van der Waals surface area contributed by atoms with Crippen molar-refractivity contribution in [3.8, 4) is 0 Å². The van der Waals surface area contributed by atoms with E-state index in [0.717, 1.165) is 45.2 Å². The lowest BCUT2D eigenvalue weighted by Crippen LogP contribution is -2.63. The Bertz CT molecular complexity index is 876. The number of aliphatic carboxylic acids is 1. The van der Waals surface area contributed by atoms with E-state index in [0.29, 0.717) is 29.4 Å². The molecule has 6 rings (SSSR count). The summed E-state index contributed by atoms with van der Waals surface area (Å²) in [5.74, 6) is 0.889. The van der Waals surface area contributed by atoms with Crippen LogP contribution in [0.5, 0.6) is 0 Å². The highest BCUT2D eigenvalue weighted by Gasteiger charge is 2.61. The monoisotopic (exact) mass is 419 g/mol. The lowest BCUT2D eigenvalue weighted by atomic mass is 9.48. The summed E-state index contributed by atoms with van der Waals surface area (Å²) < 4.78 is 1.49. The van der Waals surface area contributed by atoms with Crippen molar-refractivity contribution >= 4 is 23.3 Å². The van der Waals surface area contributed by atoms with Gasteiger partial charge in [-0.3, -0.25) is 9.59 Å². The summed E-state index contributed by atoms with van der Waals surface area (Å²) in [5, 5.41) is 14.9. The second-order valence-corrected chi connectivity index (χ2v) is 10.8. The van der Waals surface area contributed by atoms with Gasteiger partial charge < -0.3 is 10.0 Å². The van der Waals surface area contributed by atoms with Crippen LogP contribution in [0, 0.1) is 35.5 Å². The molecule has 4 bridgehead atoms. The minimum absolute atomic E-state index is 0.148. The van der Waals surface area contributed by atoms with E-state index in [1.165, 1.54) is 11.1 Å². The van der Waals surface area contributed by atoms with Crippen LogP contribution in [-0.2, 0) is 10.3 Å². The number of carboxylic acid groups (broad SMARTS) is 1. The van der Waals surface area contributed by atoms with Gasteiger partial charge in [-0.25, -0.2) is 4.68 Å². The third-order valence-electron chi connectivity index (χ3n) is 8.07. The van der Waals surface area contributed by atoms with Crippen LogP contribution < -0.4 is 10.5 Å². The number of hydrogen-bond acceptors (Lipinski definition) is 4. The number of carbonyl (C=O) groups is 1. The first kappa shape index (κ1) is 19.4. The van der Waals surface area contributed by atoms with Gasteiger partial charge in [0.2, 0.25) is 0 Å². The van der Waals surface area contributed by atoms with E-state index in [9.17, 15) is 14.7 Å². The predicted molar refractivity (Wildman–Crippen MR) is 111 cm³/mol. The van der Waals surface area contributed by atoms with Gasteiger partial charge in [0.25, 0.3) is 5.56 Å². The van der Waals surface area contributed by atoms with Crippen LogP contribution in [0.1, 0.15) is 52.4 Å². The molecule has 1 aromatic heterocycles. The molecule has 1 aromatic rings. The number of carboxylic acids is 1. The Hall–Kier alpha value is -1.56. The van der Waals surface area contributed by atoms with Crippen LogP contribution in [0.4, 0.5) is 5.69 Å². The van der Waals surface area contributed by atoms with E-state index in [1.54, 1.807) is 6.20 Å². The van der Waals surface area contributed by atoms with Gasteiger partial charge >= 0.3 is 5.97 Å². The highest BCUT2D eigenvalue weighted by atomic mass is 35.5. The van der Waals surface area contributed by atoms with Crippen LogP contribution in [0.25, 0.3) is 0 Å². The molecule has 158 valence electrons.